The van der Waals surface area contributed by atoms with Crippen LogP contribution in [0.5, 0.6) is 0 Å². The molecule has 120 valence electrons. The fourth-order valence-electron chi connectivity index (χ4n) is 2.28. The van der Waals surface area contributed by atoms with Crippen LogP contribution < -0.4 is 0 Å². The summed E-state index contributed by atoms with van der Waals surface area (Å²) in [5, 5.41) is 29.4. The summed E-state index contributed by atoms with van der Waals surface area (Å²) < 4.78 is 1.06. The molecule has 0 fully saturated rings. The fourth-order valence-corrected chi connectivity index (χ4v) is 2.28. The lowest BCUT2D eigenvalue weighted by atomic mass is 10.1. The second kappa shape index (κ2) is 5.83. The molecular weight excluding hydrogens is 318 g/mol. The Labute approximate surface area is 133 Å². The van der Waals surface area contributed by atoms with Crippen molar-refractivity contribution in [3.05, 3.63) is 68.3 Å². The Hall–Kier alpha value is -3.69. The van der Waals surface area contributed by atoms with Crippen molar-refractivity contribution in [2.75, 3.05) is 0 Å². The standard InChI is InChI=1S/C14H9N5O5/c20-14(17-12-4-2-1-3-11(12)15-16-17)7-9-5-6-10(18(21)22)8-13(9)19(23)24/h1-6,8H,7H2. The van der Waals surface area contributed by atoms with Gasteiger partial charge in [0.2, 0.25) is 0 Å². The first-order valence-corrected chi connectivity index (χ1v) is 6.72. The number of carbonyl (C=O) groups excluding carboxylic acids is 1. The third-order valence-electron chi connectivity index (χ3n) is 3.41. The van der Waals surface area contributed by atoms with Crippen molar-refractivity contribution in [3.8, 4) is 0 Å². The van der Waals surface area contributed by atoms with Gasteiger partial charge in [-0.2, -0.15) is 4.68 Å². The molecule has 0 atom stereocenters. The average Bonchev–Trinajstić information content (AvgIpc) is 2.98. The van der Waals surface area contributed by atoms with E-state index < -0.39 is 27.1 Å². The summed E-state index contributed by atoms with van der Waals surface area (Å²) in [4.78, 5) is 32.7. The molecule has 0 saturated carbocycles. The smallest absolute Gasteiger partial charge is 0.272 e. The SMILES string of the molecule is O=C(Cc1ccc([N+](=O)[O-])cc1[N+](=O)[O-])n1nnc2ccccc21. The van der Waals surface area contributed by atoms with Crippen LogP contribution in [0.4, 0.5) is 11.4 Å². The number of benzene rings is 2. The minimum absolute atomic E-state index is 0.0650. The molecule has 1 heterocycles. The van der Waals surface area contributed by atoms with Gasteiger partial charge in [0, 0.05) is 11.6 Å². The molecule has 0 amide bonds. The van der Waals surface area contributed by atoms with Crippen LogP contribution in [0.25, 0.3) is 11.0 Å². The van der Waals surface area contributed by atoms with Crippen molar-refractivity contribution < 1.29 is 14.6 Å². The second-order valence-corrected chi connectivity index (χ2v) is 4.89. The minimum Gasteiger partial charge on any atom is -0.272 e. The number of para-hydroxylation sites is 1. The number of aromatic nitrogens is 3. The molecule has 0 aliphatic heterocycles. The topological polar surface area (TPSA) is 134 Å². The molecule has 3 aromatic rings. The lowest BCUT2D eigenvalue weighted by molar-refractivity contribution is -0.394. The van der Waals surface area contributed by atoms with Crippen LogP contribution in [0.15, 0.2) is 42.5 Å². The van der Waals surface area contributed by atoms with Crippen LogP contribution in [-0.4, -0.2) is 30.7 Å². The zero-order valence-electron chi connectivity index (χ0n) is 12.0. The van der Waals surface area contributed by atoms with E-state index in [9.17, 15) is 25.0 Å². The largest absolute Gasteiger partial charge is 0.279 e. The maximum absolute atomic E-state index is 12.4. The van der Waals surface area contributed by atoms with Gasteiger partial charge in [0.05, 0.1) is 27.9 Å². The number of rotatable bonds is 4. The number of hydrogen-bond donors (Lipinski definition) is 0. The average molecular weight is 327 g/mol. The Morgan fingerprint density at radius 2 is 1.83 bits per heavy atom. The zero-order chi connectivity index (χ0) is 17.3. The molecule has 10 nitrogen and oxygen atoms in total. The van der Waals surface area contributed by atoms with Crippen molar-refractivity contribution >= 4 is 28.3 Å². The lowest BCUT2D eigenvalue weighted by Crippen LogP contribution is -2.16. The molecular formula is C14H9N5O5. The lowest BCUT2D eigenvalue weighted by Gasteiger charge is -2.03. The monoisotopic (exact) mass is 327 g/mol. The van der Waals surface area contributed by atoms with E-state index in [2.05, 4.69) is 10.3 Å². The van der Waals surface area contributed by atoms with E-state index in [1.165, 1.54) is 6.07 Å². The van der Waals surface area contributed by atoms with Crippen molar-refractivity contribution in [2.24, 2.45) is 0 Å². The van der Waals surface area contributed by atoms with E-state index in [-0.39, 0.29) is 12.0 Å². The number of non-ortho nitro benzene ring substituents is 1. The molecule has 0 spiro atoms. The van der Waals surface area contributed by atoms with Gasteiger partial charge in [-0.3, -0.25) is 25.0 Å². The second-order valence-electron chi connectivity index (χ2n) is 4.89. The van der Waals surface area contributed by atoms with Crippen LogP contribution >= 0.6 is 0 Å². The van der Waals surface area contributed by atoms with Gasteiger partial charge in [-0.25, -0.2) is 0 Å². The third-order valence-corrected chi connectivity index (χ3v) is 3.41. The molecule has 0 aliphatic carbocycles. The Morgan fingerprint density at radius 3 is 2.54 bits per heavy atom. The maximum atomic E-state index is 12.4. The number of hydrogen-bond acceptors (Lipinski definition) is 7. The first kappa shape index (κ1) is 15.2. The molecule has 0 N–H and O–H groups in total. The van der Waals surface area contributed by atoms with E-state index in [0.29, 0.717) is 11.0 Å². The van der Waals surface area contributed by atoms with Gasteiger partial charge in [0.15, 0.2) is 0 Å². The van der Waals surface area contributed by atoms with Gasteiger partial charge in [-0.05, 0) is 18.2 Å². The number of carbonyl (C=O) groups is 1. The summed E-state index contributed by atoms with van der Waals surface area (Å²) >= 11 is 0. The van der Waals surface area contributed by atoms with Crippen molar-refractivity contribution in [3.63, 3.8) is 0 Å². The first-order chi connectivity index (χ1) is 11.5. The molecule has 2 aromatic carbocycles. The van der Waals surface area contributed by atoms with E-state index in [1.807, 2.05) is 0 Å². The van der Waals surface area contributed by atoms with E-state index in [1.54, 1.807) is 24.3 Å². The fraction of sp³-hybridized carbons (Fsp3) is 0.0714. The molecule has 0 radical (unpaired) electrons. The van der Waals surface area contributed by atoms with Crippen LogP contribution in [0.1, 0.15) is 10.4 Å². The van der Waals surface area contributed by atoms with Gasteiger partial charge < -0.3 is 0 Å². The molecule has 0 aliphatic rings. The number of nitro groups is 2. The van der Waals surface area contributed by atoms with Crippen LogP contribution in [0, 0.1) is 20.2 Å². The summed E-state index contributed by atoms with van der Waals surface area (Å²) in [5.41, 5.74) is 0.164. The maximum Gasteiger partial charge on any atom is 0.279 e. The predicted molar refractivity (Wildman–Crippen MR) is 81.6 cm³/mol. The predicted octanol–water partition coefficient (Wildman–Crippen LogP) is 2.13. The summed E-state index contributed by atoms with van der Waals surface area (Å²) in [6, 6.07) is 9.94. The third kappa shape index (κ3) is 2.67. The molecule has 0 saturated heterocycles. The summed E-state index contributed by atoms with van der Waals surface area (Å²) in [7, 11) is 0. The Bertz CT molecular complexity index is 981. The summed E-state index contributed by atoms with van der Waals surface area (Å²) in [6.45, 7) is 0. The number of nitrogens with zero attached hydrogens (tertiary/aromatic N) is 5. The summed E-state index contributed by atoms with van der Waals surface area (Å²) in [6.07, 6.45) is -0.332. The van der Waals surface area contributed by atoms with E-state index in [4.69, 9.17) is 0 Å². The first-order valence-electron chi connectivity index (χ1n) is 6.72. The van der Waals surface area contributed by atoms with Crippen molar-refractivity contribution in [2.45, 2.75) is 6.42 Å². The molecule has 24 heavy (non-hydrogen) atoms. The van der Waals surface area contributed by atoms with Crippen molar-refractivity contribution in [1.29, 1.82) is 0 Å². The summed E-state index contributed by atoms with van der Waals surface area (Å²) in [5.74, 6) is -0.527. The normalized spacial score (nSPS) is 10.7. The van der Waals surface area contributed by atoms with Crippen LogP contribution in [-0.2, 0) is 6.42 Å². The van der Waals surface area contributed by atoms with E-state index in [0.717, 1.165) is 16.8 Å². The molecule has 3 rings (SSSR count). The number of nitro benzene ring substituents is 2. The zero-order valence-corrected chi connectivity index (χ0v) is 12.0. The highest BCUT2D eigenvalue weighted by molar-refractivity contribution is 5.90. The van der Waals surface area contributed by atoms with E-state index >= 15 is 0 Å². The van der Waals surface area contributed by atoms with Crippen LogP contribution in [0.3, 0.4) is 0 Å². The van der Waals surface area contributed by atoms with Gasteiger partial charge in [-0.1, -0.05) is 17.3 Å². The minimum atomic E-state index is -0.755. The highest BCUT2D eigenvalue weighted by Crippen LogP contribution is 2.25. The molecule has 0 bridgehead atoms. The van der Waals surface area contributed by atoms with Crippen molar-refractivity contribution in [1.82, 2.24) is 15.0 Å². The highest BCUT2D eigenvalue weighted by atomic mass is 16.6. The highest BCUT2D eigenvalue weighted by Gasteiger charge is 2.22. The Balaban J connectivity index is 1.97. The Morgan fingerprint density at radius 1 is 1.08 bits per heavy atom. The van der Waals surface area contributed by atoms with Gasteiger partial charge in [0.1, 0.15) is 5.52 Å². The molecule has 0 unspecified atom stereocenters. The molecule has 1 aromatic heterocycles. The van der Waals surface area contributed by atoms with Gasteiger partial charge >= 0.3 is 0 Å². The van der Waals surface area contributed by atoms with Gasteiger partial charge in [-0.15, -0.1) is 5.10 Å². The van der Waals surface area contributed by atoms with Crippen LogP contribution in [0.2, 0.25) is 0 Å². The number of fused-ring (bicyclic) bond motifs is 1. The van der Waals surface area contributed by atoms with Gasteiger partial charge in [0.25, 0.3) is 17.3 Å². The quantitative estimate of drug-likeness (QED) is 0.529. The molecule has 10 heteroatoms. The Kier molecular flexibility index (Phi) is 3.70.